The third-order valence-corrected chi connectivity index (χ3v) is 3.07. The molecule has 0 amide bonds. The van der Waals surface area contributed by atoms with E-state index in [1.165, 1.54) is 12.7 Å². The molecular weight excluding hydrogens is 240 g/mol. The lowest BCUT2D eigenvalue weighted by Crippen LogP contribution is -2.04. The summed E-state index contributed by atoms with van der Waals surface area (Å²) in [7, 11) is 1.53. The van der Waals surface area contributed by atoms with Crippen LogP contribution >= 0.6 is 0 Å². The highest BCUT2D eigenvalue weighted by atomic mass is 16.5. The Balaban J connectivity index is 2.20. The van der Waals surface area contributed by atoms with Crippen LogP contribution in [0.4, 0.5) is 0 Å². The third kappa shape index (κ3) is 3.09. The van der Waals surface area contributed by atoms with Gasteiger partial charge in [-0.05, 0) is 23.1 Å². The van der Waals surface area contributed by atoms with E-state index in [1.54, 1.807) is 12.1 Å². The van der Waals surface area contributed by atoms with Crippen LogP contribution in [0, 0.1) is 0 Å². The van der Waals surface area contributed by atoms with Crippen molar-refractivity contribution in [3.63, 3.8) is 0 Å². The number of hydrogen-bond donors (Lipinski definition) is 1. The number of methoxy groups -OCH3 is 1. The summed E-state index contributed by atoms with van der Waals surface area (Å²) < 4.78 is 4.94. The number of benzene rings is 1. The topological polar surface area (TPSA) is 55.2 Å². The molecule has 1 N–H and O–H groups in total. The van der Waals surface area contributed by atoms with Gasteiger partial charge in [0.1, 0.15) is 6.10 Å². The van der Waals surface area contributed by atoms with Crippen molar-refractivity contribution in [1.82, 2.24) is 10.2 Å². The molecule has 4 heteroatoms. The Morgan fingerprint density at radius 1 is 0.947 bits per heavy atom. The molecule has 0 bridgehead atoms. The van der Waals surface area contributed by atoms with Gasteiger partial charge in [-0.25, -0.2) is 0 Å². The predicted octanol–water partition coefficient (Wildman–Crippen LogP) is 2.69. The molecule has 2 aromatic rings. The van der Waals surface area contributed by atoms with Crippen LogP contribution in [0.2, 0.25) is 0 Å². The molecule has 0 radical (unpaired) electrons. The van der Waals surface area contributed by atoms with E-state index in [1.807, 2.05) is 24.3 Å². The highest BCUT2D eigenvalue weighted by Crippen LogP contribution is 2.23. The number of hydrogen-bond acceptors (Lipinski definition) is 4. The van der Waals surface area contributed by atoms with Crippen LogP contribution in [-0.4, -0.2) is 22.4 Å². The molecule has 1 aromatic carbocycles. The molecule has 2 rings (SSSR count). The van der Waals surface area contributed by atoms with Crippen LogP contribution in [0.3, 0.4) is 0 Å². The zero-order valence-corrected chi connectivity index (χ0v) is 11.4. The first-order valence-electron chi connectivity index (χ1n) is 6.27. The molecule has 0 saturated heterocycles. The summed E-state index contributed by atoms with van der Waals surface area (Å²) in [6.07, 6.45) is -0.764. The van der Waals surface area contributed by atoms with E-state index in [0.29, 0.717) is 17.5 Å². The van der Waals surface area contributed by atoms with Crippen molar-refractivity contribution >= 4 is 0 Å². The average Bonchev–Trinajstić information content (AvgIpc) is 2.46. The van der Waals surface area contributed by atoms with Crippen LogP contribution in [0.15, 0.2) is 36.4 Å². The normalized spacial score (nSPS) is 12.5. The first kappa shape index (κ1) is 13.5. The minimum absolute atomic E-state index is 0.436. The Morgan fingerprint density at radius 2 is 1.58 bits per heavy atom. The van der Waals surface area contributed by atoms with Gasteiger partial charge in [-0.1, -0.05) is 38.1 Å². The lowest BCUT2D eigenvalue weighted by Gasteiger charge is -2.12. The van der Waals surface area contributed by atoms with Crippen molar-refractivity contribution in [1.29, 1.82) is 0 Å². The summed E-state index contributed by atoms with van der Waals surface area (Å²) in [6.45, 7) is 4.28. The maximum Gasteiger partial charge on any atom is 0.233 e. The van der Waals surface area contributed by atoms with Gasteiger partial charge in [0.2, 0.25) is 5.88 Å². The molecule has 0 aliphatic carbocycles. The van der Waals surface area contributed by atoms with Crippen LogP contribution in [-0.2, 0) is 0 Å². The van der Waals surface area contributed by atoms with Crippen molar-refractivity contribution in [2.45, 2.75) is 25.9 Å². The van der Waals surface area contributed by atoms with Crippen molar-refractivity contribution in [3.8, 4) is 5.88 Å². The fourth-order valence-corrected chi connectivity index (χ4v) is 1.82. The number of ether oxygens (including phenoxy) is 1. The van der Waals surface area contributed by atoms with E-state index >= 15 is 0 Å². The van der Waals surface area contributed by atoms with E-state index in [9.17, 15) is 5.11 Å². The molecule has 1 heterocycles. The van der Waals surface area contributed by atoms with E-state index in [0.717, 1.165) is 5.56 Å². The lowest BCUT2D eigenvalue weighted by molar-refractivity contribution is 0.213. The maximum atomic E-state index is 10.2. The molecule has 1 aromatic heterocycles. The van der Waals surface area contributed by atoms with Gasteiger partial charge in [0.05, 0.1) is 12.8 Å². The standard InChI is InChI=1S/C15H18N2O2/c1-10(2)11-4-6-12(7-5-11)15(18)13-8-9-14(19-3)17-16-13/h4-10,15,18H,1-3H3. The summed E-state index contributed by atoms with van der Waals surface area (Å²) in [5.74, 6) is 0.915. The van der Waals surface area contributed by atoms with Gasteiger partial charge in [-0.15, -0.1) is 10.2 Å². The van der Waals surface area contributed by atoms with Gasteiger partial charge in [0, 0.05) is 6.07 Å². The van der Waals surface area contributed by atoms with Crippen LogP contribution in [0.25, 0.3) is 0 Å². The van der Waals surface area contributed by atoms with Crippen LogP contribution in [0.1, 0.15) is 42.7 Å². The second-order valence-electron chi connectivity index (χ2n) is 4.72. The number of aliphatic hydroxyl groups excluding tert-OH is 1. The maximum absolute atomic E-state index is 10.2. The average molecular weight is 258 g/mol. The quantitative estimate of drug-likeness (QED) is 0.916. The van der Waals surface area contributed by atoms with Crippen molar-refractivity contribution in [3.05, 3.63) is 53.2 Å². The summed E-state index contributed by atoms with van der Waals surface area (Å²) in [5, 5.41) is 18.1. The molecule has 0 fully saturated rings. The molecule has 1 atom stereocenters. The molecule has 1 unspecified atom stereocenters. The Bertz CT molecular complexity index is 521. The molecule has 0 aliphatic rings. The predicted molar refractivity (Wildman–Crippen MR) is 73.2 cm³/mol. The van der Waals surface area contributed by atoms with Gasteiger partial charge < -0.3 is 9.84 Å². The molecule has 0 saturated carbocycles. The van der Waals surface area contributed by atoms with E-state index < -0.39 is 6.10 Å². The first-order valence-corrected chi connectivity index (χ1v) is 6.27. The molecule has 0 spiro atoms. The summed E-state index contributed by atoms with van der Waals surface area (Å²) >= 11 is 0. The second-order valence-corrected chi connectivity index (χ2v) is 4.72. The third-order valence-electron chi connectivity index (χ3n) is 3.07. The van der Waals surface area contributed by atoms with Gasteiger partial charge in [-0.2, -0.15) is 0 Å². The number of rotatable bonds is 4. The first-order chi connectivity index (χ1) is 9.11. The Hall–Kier alpha value is -1.94. The van der Waals surface area contributed by atoms with Crippen LogP contribution in [0.5, 0.6) is 5.88 Å². The molecule has 0 aliphatic heterocycles. The smallest absolute Gasteiger partial charge is 0.233 e. The van der Waals surface area contributed by atoms with Crippen molar-refractivity contribution < 1.29 is 9.84 Å². The fraction of sp³-hybridized carbons (Fsp3) is 0.333. The SMILES string of the molecule is COc1ccc(C(O)c2ccc(C(C)C)cc2)nn1. The Kier molecular flexibility index (Phi) is 4.12. The summed E-state index contributed by atoms with van der Waals surface area (Å²) in [6, 6.07) is 11.3. The van der Waals surface area contributed by atoms with E-state index in [-0.39, 0.29) is 0 Å². The zero-order chi connectivity index (χ0) is 13.8. The van der Waals surface area contributed by atoms with E-state index in [2.05, 4.69) is 24.0 Å². The zero-order valence-electron chi connectivity index (χ0n) is 11.4. The number of aromatic nitrogens is 2. The highest BCUT2D eigenvalue weighted by molar-refractivity contribution is 5.30. The van der Waals surface area contributed by atoms with Crippen LogP contribution < -0.4 is 4.74 Å². The van der Waals surface area contributed by atoms with Gasteiger partial charge >= 0.3 is 0 Å². The van der Waals surface area contributed by atoms with E-state index in [4.69, 9.17) is 4.74 Å². The number of aliphatic hydroxyl groups is 1. The summed E-state index contributed by atoms with van der Waals surface area (Å²) in [5.41, 5.74) is 2.57. The lowest BCUT2D eigenvalue weighted by atomic mass is 9.99. The molecule has 100 valence electrons. The second kappa shape index (κ2) is 5.80. The highest BCUT2D eigenvalue weighted by Gasteiger charge is 2.13. The fourth-order valence-electron chi connectivity index (χ4n) is 1.82. The minimum atomic E-state index is -0.764. The molecule has 4 nitrogen and oxygen atoms in total. The summed E-state index contributed by atoms with van der Waals surface area (Å²) in [4.78, 5) is 0. The molecular formula is C15H18N2O2. The van der Waals surface area contributed by atoms with Gasteiger partial charge in [0.15, 0.2) is 0 Å². The number of nitrogens with zero attached hydrogens (tertiary/aromatic N) is 2. The Labute approximate surface area is 113 Å². The molecule has 19 heavy (non-hydrogen) atoms. The Morgan fingerprint density at radius 3 is 2.05 bits per heavy atom. The van der Waals surface area contributed by atoms with Gasteiger partial charge in [0.25, 0.3) is 0 Å². The van der Waals surface area contributed by atoms with Crippen molar-refractivity contribution in [2.75, 3.05) is 7.11 Å². The monoisotopic (exact) mass is 258 g/mol. The van der Waals surface area contributed by atoms with Crippen molar-refractivity contribution in [2.24, 2.45) is 0 Å². The minimum Gasteiger partial charge on any atom is -0.480 e. The van der Waals surface area contributed by atoms with Gasteiger partial charge in [-0.3, -0.25) is 0 Å². The largest absolute Gasteiger partial charge is 0.480 e.